The van der Waals surface area contributed by atoms with Gasteiger partial charge in [0.25, 0.3) is 0 Å². The Balaban J connectivity index is 3.39. The highest BCUT2D eigenvalue weighted by Gasteiger charge is 1.93. The molecule has 0 saturated heterocycles. The molecule has 0 aromatic heterocycles. The summed E-state index contributed by atoms with van der Waals surface area (Å²) in [6.07, 6.45) is 0. The van der Waals surface area contributed by atoms with E-state index in [1.807, 2.05) is 0 Å². The zero-order chi connectivity index (χ0) is 7.98. The minimum atomic E-state index is -0.0771. The highest BCUT2D eigenvalue weighted by molar-refractivity contribution is 8.15. The van der Waals surface area contributed by atoms with Gasteiger partial charge in [0.1, 0.15) is 0 Å². The van der Waals surface area contributed by atoms with Crippen LogP contribution in [-0.2, 0) is 4.79 Å². The van der Waals surface area contributed by atoms with Crippen LogP contribution in [0.1, 0.15) is 6.92 Å². The second kappa shape index (κ2) is 5.05. The third kappa shape index (κ3) is 5.37. The number of hydrogen-bond acceptors (Lipinski definition) is 3. The van der Waals surface area contributed by atoms with Gasteiger partial charge in [0.2, 0.25) is 5.91 Å². The predicted molar refractivity (Wildman–Crippen MR) is 44.2 cm³/mol. The third-order valence-corrected chi connectivity index (χ3v) is 1.36. The molecule has 3 nitrogen and oxygen atoms in total. The van der Waals surface area contributed by atoms with Crippen molar-refractivity contribution in [2.75, 3.05) is 6.54 Å². The molecule has 0 fully saturated rings. The summed E-state index contributed by atoms with van der Waals surface area (Å²) in [4.78, 5) is 11.1. The smallest absolute Gasteiger partial charge is 0.217 e. The molecule has 0 aliphatic carbocycles. The maximum Gasteiger partial charge on any atom is 0.217 e. The number of thioether (sulfide) groups is 1. The summed E-state index contributed by atoms with van der Waals surface area (Å²) < 4.78 is 0. The van der Waals surface area contributed by atoms with E-state index in [2.05, 4.69) is 11.9 Å². The van der Waals surface area contributed by atoms with E-state index in [9.17, 15) is 4.79 Å². The lowest BCUT2D eigenvalue weighted by Gasteiger charge is -2.00. The molecule has 0 aromatic rings. The lowest BCUT2D eigenvalue weighted by Crippen LogP contribution is -2.21. The molecule has 0 spiro atoms. The molecular formula is C6H10N2OS. The Bertz CT molecular complexity index is 156. The first kappa shape index (κ1) is 9.23. The third-order valence-electron chi connectivity index (χ3n) is 0.760. The van der Waals surface area contributed by atoms with Crippen molar-refractivity contribution >= 4 is 23.2 Å². The Hall–Kier alpha value is -0.770. The van der Waals surface area contributed by atoms with Gasteiger partial charge < -0.3 is 10.7 Å². The van der Waals surface area contributed by atoms with E-state index in [1.165, 1.54) is 24.2 Å². The normalized spacial score (nSPS) is 8.50. The van der Waals surface area contributed by atoms with Gasteiger partial charge in [-0.05, 0) is 0 Å². The van der Waals surface area contributed by atoms with Gasteiger partial charge in [0.05, 0.1) is 5.55 Å². The van der Waals surface area contributed by atoms with Gasteiger partial charge >= 0.3 is 0 Å². The first-order valence-electron chi connectivity index (χ1n) is 2.74. The van der Waals surface area contributed by atoms with Crippen molar-refractivity contribution in [3.8, 4) is 0 Å². The molecule has 0 saturated carbocycles. The first-order valence-corrected chi connectivity index (χ1v) is 3.62. The van der Waals surface area contributed by atoms with Gasteiger partial charge in [-0.2, -0.15) is 0 Å². The molecule has 10 heavy (non-hydrogen) atoms. The van der Waals surface area contributed by atoms with Crippen molar-refractivity contribution in [2.24, 2.45) is 0 Å². The van der Waals surface area contributed by atoms with E-state index in [0.717, 1.165) is 4.91 Å². The molecule has 0 unspecified atom stereocenters. The van der Waals surface area contributed by atoms with Crippen LogP contribution in [0, 0.1) is 5.41 Å². The molecule has 4 heteroatoms. The van der Waals surface area contributed by atoms with Gasteiger partial charge in [-0.15, -0.1) is 0 Å². The predicted octanol–water partition coefficient (Wildman–Crippen LogP) is 0.976. The fourth-order valence-corrected chi connectivity index (χ4v) is 0.670. The topological polar surface area (TPSA) is 53.0 Å². The Kier molecular flexibility index (Phi) is 4.66. The Morgan fingerprint density at radius 3 is 2.90 bits per heavy atom. The van der Waals surface area contributed by atoms with Crippen LogP contribution in [0.5, 0.6) is 0 Å². The molecule has 0 atom stereocenters. The summed E-state index contributed by atoms with van der Waals surface area (Å²) in [6.45, 7) is 5.50. The van der Waals surface area contributed by atoms with Crippen LogP contribution in [-0.4, -0.2) is 18.0 Å². The highest BCUT2D eigenvalue weighted by Crippen LogP contribution is 2.06. The van der Waals surface area contributed by atoms with Crippen molar-refractivity contribution in [1.82, 2.24) is 5.32 Å². The lowest BCUT2D eigenvalue weighted by atomic mass is 10.6. The average Bonchev–Trinajstić information content (AvgIpc) is 1.85. The second-order valence-corrected chi connectivity index (χ2v) is 2.73. The largest absolute Gasteiger partial charge is 0.352 e. The summed E-state index contributed by atoms with van der Waals surface area (Å²) in [5, 5.41) is 9.25. The van der Waals surface area contributed by atoms with E-state index in [0.29, 0.717) is 6.54 Å². The standard InChI is InChI=1S/C6H10N2OS/c1-5(10-4-7)3-8-6(2)9/h4,7H,1,3H2,2H3,(H,8,9). The van der Waals surface area contributed by atoms with Gasteiger partial charge in [-0.25, -0.2) is 0 Å². The molecule has 0 radical (unpaired) electrons. The van der Waals surface area contributed by atoms with Crippen LogP contribution >= 0.6 is 11.8 Å². The average molecular weight is 158 g/mol. The second-order valence-electron chi connectivity index (χ2n) is 1.68. The number of carbonyl (C=O) groups is 1. The molecule has 0 bridgehead atoms. The molecule has 1 amide bonds. The fraction of sp³-hybridized carbons (Fsp3) is 0.333. The monoisotopic (exact) mass is 158 g/mol. The molecule has 0 heterocycles. The van der Waals surface area contributed by atoms with Crippen molar-refractivity contribution in [1.29, 1.82) is 5.41 Å². The van der Waals surface area contributed by atoms with Crippen LogP contribution in [0.4, 0.5) is 0 Å². The van der Waals surface area contributed by atoms with Crippen LogP contribution in [0.25, 0.3) is 0 Å². The number of hydrogen-bond donors (Lipinski definition) is 2. The zero-order valence-corrected chi connectivity index (χ0v) is 6.62. The van der Waals surface area contributed by atoms with Crippen molar-refractivity contribution in [2.45, 2.75) is 6.92 Å². The van der Waals surface area contributed by atoms with Crippen LogP contribution < -0.4 is 5.32 Å². The summed E-state index contributed by atoms with van der Waals surface area (Å²) in [6, 6.07) is 0. The molecule has 2 N–H and O–H groups in total. The Morgan fingerprint density at radius 1 is 1.90 bits per heavy atom. The van der Waals surface area contributed by atoms with E-state index < -0.39 is 0 Å². The van der Waals surface area contributed by atoms with Gasteiger partial charge in [-0.3, -0.25) is 4.79 Å². The van der Waals surface area contributed by atoms with E-state index in [-0.39, 0.29) is 5.91 Å². The summed E-state index contributed by atoms with van der Waals surface area (Å²) >= 11 is 1.21. The van der Waals surface area contributed by atoms with Crippen LogP contribution in [0.2, 0.25) is 0 Å². The SMILES string of the molecule is C=C(CNC(C)=O)SC=N. The molecule has 56 valence electrons. The number of carbonyl (C=O) groups excluding carboxylic acids is 1. The first-order chi connectivity index (χ1) is 4.66. The summed E-state index contributed by atoms with van der Waals surface area (Å²) in [5.41, 5.74) is 1.18. The lowest BCUT2D eigenvalue weighted by molar-refractivity contribution is -0.118. The van der Waals surface area contributed by atoms with Crippen molar-refractivity contribution in [3.05, 3.63) is 11.5 Å². The number of nitrogens with one attached hydrogen (secondary N) is 2. The van der Waals surface area contributed by atoms with Crippen molar-refractivity contribution < 1.29 is 4.79 Å². The Morgan fingerprint density at radius 2 is 2.50 bits per heavy atom. The van der Waals surface area contributed by atoms with E-state index in [1.54, 1.807) is 0 Å². The number of amides is 1. The molecule has 0 aliphatic heterocycles. The molecule has 0 aliphatic rings. The molecule has 0 rings (SSSR count). The highest BCUT2D eigenvalue weighted by atomic mass is 32.2. The quantitative estimate of drug-likeness (QED) is 0.473. The number of rotatable bonds is 4. The van der Waals surface area contributed by atoms with Crippen LogP contribution in [0.3, 0.4) is 0 Å². The minimum Gasteiger partial charge on any atom is -0.352 e. The zero-order valence-electron chi connectivity index (χ0n) is 5.81. The van der Waals surface area contributed by atoms with E-state index >= 15 is 0 Å². The van der Waals surface area contributed by atoms with Gasteiger partial charge in [-0.1, -0.05) is 18.3 Å². The van der Waals surface area contributed by atoms with Crippen LogP contribution in [0.15, 0.2) is 11.5 Å². The Labute approximate surface area is 64.4 Å². The summed E-state index contributed by atoms with van der Waals surface area (Å²) in [5.74, 6) is -0.0771. The molecule has 0 aromatic carbocycles. The fourth-order valence-electron chi connectivity index (χ4n) is 0.348. The summed E-state index contributed by atoms with van der Waals surface area (Å²) in [7, 11) is 0. The maximum atomic E-state index is 10.3. The van der Waals surface area contributed by atoms with Gasteiger partial charge in [0.15, 0.2) is 0 Å². The van der Waals surface area contributed by atoms with Crippen molar-refractivity contribution in [3.63, 3.8) is 0 Å². The molecular weight excluding hydrogens is 148 g/mol. The van der Waals surface area contributed by atoms with Gasteiger partial charge in [0, 0.05) is 18.4 Å². The van der Waals surface area contributed by atoms with E-state index in [4.69, 9.17) is 5.41 Å². The minimum absolute atomic E-state index is 0.0771. The maximum absolute atomic E-state index is 10.3.